The summed E-state index contributed by atoms with van der Waals surface area (Å²) in [5, 5.41) is 7.03. The summed E-state index contributed by atoms with van der Waals surface area (Å²) < 4.78 is 0. The number of halogens is 1. The van der Waals surface area contributed by atoms with Crippen molar-refractivity contribution in [2.45, 2.75) is 26.9 Å². The lowest BCUT2D eigenvalue weighted by Gasteiger charge is -2.26. The molecule has 0 bridgehead atoms. The van der Waals surface area contributed by atoms with Gasteiger partial charge in [0, 0.05) is 17.8 Å². The Hall–Kier alpha value is -2.20. The molecule has 2 aliphatic rings. The van der Waals surface area contributed by atoms with Crippen LogP contribution in [0.5, 0.6) is 0 Å². The monoisotopic (exact) mass is 343 g/mol. The molecule has 1 atom stereocenters. The van der Waals surface area contributed by atoms with Crippen LogP contribution < -0.4 is 10.6 Å². The lowest BCUT2D eigenvalue weighted by Crippen LogP contribution is -2.36. The van der Waals surface area contributed by atoms with E-state index in [0.717, 1.165) is 11.3 Å². The smallest absolute Gasteiger partial charge is 0.269 e. The van der Waals surface area contributed by atoms with E-state index in [1.807, 2.05) is 48.7 Å². The van der Waals surface area contributed by atoms with Crippen molar-refractivity contribution >= 4 is 17.5 Å². The highest BCUT2D eigenvalue weighted by molar-refractivity contribution is 6.30. The molecule has 126 valence electrons. The minimum atomic E-state index is -0.143. The summed E-state index contributed by atoms with van der Waals surface area (Å²) in [6.07, 6.45) is 7.67. The fraction of sp³-hybridized carbons (Fsp3) is 0.316. The van der Waals surface area contributed by atoms with Crippen molar-refractivity contribution in [1.82, 2.24) is 15.5 Å². The van der Waals surface area contributed by atoms with Crippen molar-refractivity contribution in [2.24, 2.45) is 5.41 Å². The molecule has 1 aromatic rings. The third kappa shape index (κ3) is 3.49. The van der Waals surface area contributed by atoms with Gasteiger partial charge in [0.05, 0.1) is 5.70 Å². The molecule has 5 heteroatoms. The number of rotatable bonds is 3. The molecule has 1 aromatic carbocycles. The second kappa shape index (κ2) is 6.36. The van der Waals surface area contributed by atoms with Crippen molar-refractivity contribution in [3.05, 3.63) is 70.7 Å². The van der Waals surface area contributed by atoms with Gasteiger partial charge in [0.1, 0.15) is 11.9 Å². The van der Waals surface area contributed by atoms with Gasteiger partial charge in [0.25, 0.3) is 5.91 Å². The SMILES string of the molecule is CC(C)(C)CNC(=O)C1=C2C=CC=CN2C(c2cccc(Cl)c2)N1. The standard InChI is InChI=1S/C19H22ClN3O/c1-19(2,3)12-21-18(24)16-15-9-4-5-10-23(15)17(22-16)13-7-6-8-14(20)11-13/h4-11,17,22H,12H2,1-3H3,(H,21,24). The van der Waals surface area contributed by atoms with Crippen LogP contribution in [0, 0.1) is 5.41 Å². The van der Waals surface area contributed by atoms with Crippen molar-refractivity contribution in [2.75, 3.05) is 6.54 Å². The van der Waals surface area contributed by atoms with E-state index >= 15 is 0 Å². The topological polar surface area (TPSA) is 44.4 Å². The van der Waals surface area contributed by atoms with E-state index < -0.39 is 0 Å². The molecule has 2 heterocycles. The Kier molecular flexibility index (Phi) is 4.41. The van der Waals surface area contributed by atoms with Gasteiger partial charge in [-0.05, 0) is 35.3 Å². The number of nitrogens with one attached hydrogen (secondary N) is 2. The molecular weight excluding hydrogens is 322 g/mol. The van der Waals surface area contributed by atoms with Gasteiger partial charge in [-0.1, -0.05) is 50.6 Å². The number of hydrogen-bond acceptors (Lipinski definition) is 3. The zero-order chi connectivity index (χ0) is 17.3. The first-order chi connectivity index (χ1) is 11.3. The highest BCUT2D eigenvalue weighted by Gasteiger charge is 2.34. The molecular formula is C19H22ClN3O. The van der Waals surface area contributed by atoms with Crippen LogP contribution in [0.25, 0.3) is 0 Å². The first kappa shape index (κ1) is 16.7. The third-order valence-corrected chi connectivity index (χ3v) is 4.11. The van der Waals surface area contributed by atoms with E-state index in [1.54, 1.807) is 0 Å². The molecule has 0 fully saturated rings. The molecule has 0 saturated carbocycles. The van der Waals surface area contributed by atoms with Crippen LogP contribution in [-0.4, -0.2) is 17.4 Å². The first-order valence-electron chi connectivity index (χ1n) is 8.03. The number of carbonyl (C=O) groups excluding carboxylic acids is 1. The predicted octanol–water partition coefficient (Wildman–Crippen LogP) is 3.70. The largest absolute Gasteiger partial charge is 0.355 e. The summed E-state index contributed by atoms with van der Waals surface area (Å²) in [7, 11) is 0. The second-order valence-corrected chi connectivity index (χ2v) is 7.65. The van der Waals surface area contributed by atoms with Crippen LogP contribution in [-0.2, 0) is 4.79 Å². The Balaban J connectivity index is 1.86. The van der Waals surface area contributed by atoms with Crippen molar-refractivity contribution in [3.8, 4) is 0 Å². The van der Waals surface area contributed by atoms with Crippen LogP contribution in [0.2, 0.25) is 5.02 Å². The lowest BCUT2D eigenvalue weighted by molar-refractivity contribution is -0.118. The molecule has 4 nitrogen and oxygen atoms in total. The number of benzene rings is 1. The molecule has 2 N–H and O–H groups in total. The zero-order valence-corrected chi connectivity index (χ0v) is 14.9. The van der Waals surface area contributed by atoms with Crippen molar-refractivity contribution < 1.29 is 4.79 Å². The maximum atomic E-state index is 12.6. The first-order valence-corrected chi connectivity index (χ1v) is 8.41. The van der Waals surface area contributed by atoms with Gasteiger partial charge in [-0.25, -0.2) is 0 Å². The van der Waals surface area contributed by atoms with Gasteiger partial charge in [-0.2, -0.15) is 0 Å². The average Bonchev–Trinajstić information content (AvgIpc) is 2.92. The molecule has 2 aliphatic heterocycles. The second-order valence-electron chi connectivity index (χ2n) is 7.21. The van der Waals surface area contributed by atoms with Crippen molar-refractivity contribution in [1.29, 1.82) is 0 Å². The Labute approximate surface area is 147 Å². The summed E-state index contributed by atoms with van der Waals surface area (Å²) in [5.41, 5.74) is 2.51. The third-order valence-electron chi connectivity index (χ3n) is 3.88. The number of nitrogens with zero attached hydrogens (tertiary/aromatic N) is 1. The summed E-state index contributed by atoms with van der Waals surface area (Å²) >= 11 is 6.13. The van der Waals surface area contributed by atoms with Gasteiger partial charge in [0.15, 0.2) is 0 Å². The van der Waals surface area contributed by atoms with E-state index in [1.165, 1.54) is 0 Å². The van der Waals surface area contributed by atoms with Crippen LogP contribution >= 0.6 is 11.6 Å². The maximum Gasteiger partial charge on any atom is 0.269 e. The lowest BCUT2D eigenvalue weighted by atomic mass is 9.97. The van der Waals surface area contributed by atoms with Gasteiger partial charge >= 0.3 is 0 Å². The van der Waals surface area contributed by atoms with Crippen LogP contribution in [0.15, 0.2) is 60.1 Å². The van der Waals surface area contributed by atoms with Crippen LogP contribution in [0.1, 0.15) is 32.5 Å². The van der Waals surface area contributed by atoms with Gasteiger partial charge < -0.3 is 15.5 Å². The molecule has 24 heavy (non-hydrogen) atoms. The fourth-order valence-electron chi connectivity index (χ4n) is 2.71. The highest BCUT2D eigenvalue weighted by Crippen LogP contribution is 2.34. The van der Waals surface area contributed by atoms with Gasteiger partial charge in [0.2, 0.25) is 0 Å². The minimum Gasteiger partial charge on any atom is -0.355 e. The quantitative estimate of drug-likeness (QED) is 0.879. The zero-order valence-electron chi connectivity index (χ0n) is 14.1. The number of allylic oxidation sites excluding steroid dienone is 3. The van der Waals surface area contributed by atoms with E-state index in [-0.39, 0.29) is 17.5 Å². The molecule has 0 aromatic heterocycles. The number of carbonyl (C=O) groups is 1. The number of amides is 1. The summed E-state index contributed by atoms with van der Waals surface area (Å²) in [4.78, 5) is 14.7. The van der Waals surface area contributed by atoms with E-state index in [4.69, 9.17) is 11.6 Å². The predicted molar refractivity (Wildman–Crippen MR) is 96.9 cm³/mol. The molecule has 3 rings (SSSR count). The van der Waals surface area contributed by atoms with Crippen LogP contribution in [0.3, 0.4) is 0 Å². The minimum absolute atomic E-state index is 0.0356. The van der Waals surface area contributed by atoms with Gasteiger partial charge in [-0.3, -0.25) is 4.79 Å². The molecule has 0 aliphatic carbocycles. The Morgan fingerprint density at radius 1 is 1.33 bits per heavy atom. The van der Waals surface area contributed by atoms with E-state index in [2.05, 4.69) is 36.3 Å². The van der Waals surface area contributed by atoms with Crippen molar-refractivity contribution in [3.63, 3.8) is 0 Å². The molecule has 0 radical (unpaired) electrons. The number of hydrogen-bond donors (Lipinski definition) is 2. The Bertz CT molecular complexity index is 743. The molecule has 0 saturated heterocycles. The summed E-state index contributed by atoms with van der Waals surface area (Å²) in [6.45, 7) is 6.90. The molecule has 0 spiro atoms. The van der Waals surface area contributed by atoms with Crippen LogP contribution in [0.4, 0.5) is 0 Å². The highest BCUT2D eigenvalue weighted by atomic mass is 35.5. The normalized spacial score (nSPS) is 19.3. The maximum absolute atomic E-state index is 12.6. The summed E-state index contributed by atoms with van der Waals surface area (Å²) in [5.74, 6) is -0.0885. The van der Waals surface area contributed by atoms with E-state index in [9.17, 15) is 4.79 Å². The summed E-state index contributed by atoms with van der Waals surface area (Å²) in [6, 6.07) is 7.68. The molecule has 1 unspecified atom stereocenters. The fourth-order valence-corrected chi connectivity index (χ4v) is 2.91. The van der Waals surface area contributed by atoms with Gasteiger partial charge in [-0.15, -0.1) is 0 Å². The molecule has 1 amide bonds. The average molecular weight is 344 g/mol. The van der Waals surface area contributed by atoms with E-state index in [0.29, 0.717) is 17.3 Å². The number of fused-ring (bicyclic) bond motifs is 1. The Morgan fingerprint density at radius 3 is 2.83 bits per heavy atom. The Morgan fingerprint density at radius 2 is 2.12 bits per heavy atom.